The lowest BCUT2D eigenvalue weighted by Crippen LogP contribution is -2.27. The highest BCUT2D eigenvalue weighted by atomic mass is 79.9. The Labute approximate surface area is 214 Å². The van der Waals surface area contributed by atoms with Gasteiger partial charge in [-0.25, -0.2) is 4.79 Å². The summed E-state index contributed by atoms with van der Waals surface area (Å²) in [5, 5.41) is 1.87. The summed E-state index contributed by atoms with van der Waals surface area (Å²) in [4.78, 5) is 39.4. The normalized spacial score (nSPS) is 14.7. The summed E-state index contributed by atoms with van der Waals surface area (Å²) in [6, 6.07) is 27.6. The van der Waals surface area contributed by atoms with Crippen molar-refractivity contribution >= 4 is 61.7 Å². The third-order valence-corrected chi connectivity index (χ3v) is 6.88. The number of imide groups is 1. The van der Waals surface area contributed by atoms with E-state index in [-0.39, 0.29) is 17.7 Å². The Balaban J connectivity index is 1.27. The third kappa shape index (κ3) is 5.21. The molecule has 0 unspecified atom stereocenters. The van der Waals surface area contributed by atoms with Crippen molar-refractivity contribution in [3.63, 3.8) is 0 Å². The molecule has 4 aromatic carbocycles. The van der Waals surface area contributed by atoms with Gasteiger partial charge in [-0.2, -0.15) is 0 Å². The van der Waals surface area contributed by atoms with Crippen LogP contribution in [-0.2, 0) is 11.3 Å². The van der Waals surface area contributed by atoms with E-state index in [1.54, 1.807) is 48.5 Å². The molecule has 5 rings (SSSR count). The first kappa shape index (κ1) is 23.1. The van der Waals surface area contributed by atoms with Gasteiger partial charge in [-0.05, 0) is 76.1 Å². The van der Waals surface area contributed by atoms with E-state index in [9.17, 15) is 14.4 Å². The first-order chi connectivity index (χ1) is 17.0. The van der Waals surface area contributed by atoms with E-state index in [2.05, 4.69) is 15.9 Å². The van der Waals surface area contributed by atoms with Crippen LogP contribution in [0.4, 0.5) is 4.79 Å². The molecule has 5 nitrogen and oxygen atoms in total. The molecule has 0 aromatic heterocycles. The SMILES string of the molecule is O=C(Oc1ccc(/C=C2\SC(=O)N(Cc3ccc4ccccc4c3)C2=O)cc1)c1cccc(Br)c1. The van der Waals surface area contributed by atoms with Crippen molar-refractivity contribution in [2.24, 2.45) is 0 Å². The molecule has 1 heterocycles. The summed E-state index contributed by atoms with van der Waals surface area (Å²) in [5.41, 5.74) is 2.05. The van der Waals surface area contributed by atoms with Gasteiger partial charge in [0.1, 0.15) is 5.75 Å². The second kappa shape index (κ2) is 9.90. The van der Waals surface area contributed by atoms with Gasteiger partial charge in [-0.3, -0.25) is 14.5 Å². The van der Waals surface area contributed by atoms with E-state index < -0.39 is 5.97 Å². The monoisotopic (exact) mass is 543 g/mol. The fourth-order valence-corrected chi connectivity index (χ4v) is 4.96. The van der Waals surface area contributed by atoms with Gasteiger partial charge in [0.25, 0.3) is 11.1 Å². The molecule has 0 bridgehead atoms. The molecule has 172 valence electrons. The first-order valence-electron chi connectivity index (χ1n) is 10.8. The van der Waals surface area contributed by atoms with Gasteiger partial charge >= 0.3 is 5.97 Å². The molecule has 35 heavy (non-hydrogen) atoms. The highest BCUT2D eigenvalue weighted by molar-refractivity contribution is 9.10. The predicted octanol–water partition coefficient (Wildman–Crippen LogP) is 7.06. The summed E-state index contributed by atoms with van der Waals surface area (Å²) in [5.74, 6) is -0.399. The number of carbonyl (C=O) groups is 3. The zero-order chi connectivity index (χ0) is 24.4. The van der Waals surface area contributed by atoms with Crippen LogP contribution in [0.2, 0.25) is 0 Å². The number of hydrogen-bond acceptors (Lipinski definition) is 5. The Hall–Kier alpha value is -3.68. The minimum atomic E-state index is -0.464. The maximum absolute atomic E-state index is 12.9. The van der Waals surface area contributed by atoms with E-state index in [4.69, 9.17) is 4.74 Å². The predicted molar refractivity (Wildman–Crippen MR) is 141 cm³/mol. The molecule has 0 saturated carbocycles. The fraction of sp³-hybridized carbons (Fsp3) is 0.0357. The third-order valence-electron chi connectivity index (χ3n) is 5.48. The molecule has 0 spiro atoms. The number of hydrogen-bond donors (Lipinski definition) is 0. The second-order valence-electron chi connectivity index (χ2n) is 7.92. The highest BCUT2D eigenvalue weighted by Crippen LogP contribution is 2.34. The van der Waals surface area contributed by atoms with Crippen molar-refractivity contribution in [3.8, 4) is 5.75 Å². The number of carbonyl (C=O) groups excluding carboxylic acids is 3. The summed E-state index contributed by atoms with van der Waals surface area (Å²) in [6.07, 6.45) is 1.67. The van der Waals surface area contributed by atoms with Crippen molar-refractivity contribution < 1.29 is 19.1 Å². The number of thioether (sulfide) groups is 1. The maximum Gasteiger partial charge on any atom is 0.343 e. The molecule has 1 saturated heterocycles. The quantitative estimate of drug-likeness (QED) is 0.153. The standard InChI is InChI=1S/C28H18BrNO4S/c29-23-7-3-6-22(16-23)27(32)34-24-12-9-18(10-13-24)15-25-26(31)30(28(33)35-25)17-19-8-11-20-4-1-2-5-21(20)14-19/h1-16H,17H2/b25-15-. The molecule has 0 radical (unpaired) electrons. The van der Waals surface area contributed by atoms with E-state index in [1.807, 2.05) is 48.5 Å². The number of nitrogens with zero attached hydrogens (tertiary/aromatic N) is 1. The molecule has 7 heteroatoms. The summed E-state index contributed by atoms with van der Waals surface area (Å²) in [7, 11) is 0. The van der Waals surface area contributed by atoms with Crippen molar-refractivity contribution in [3.05, 3.63) is 117 Å². The van der Waals surface area contributed by atoms with Crippen molar-refractivity contribution in [2.45, 2.75) is 6.54 Å². The fourth-order valence-electron chi connectivity index (χ4n) is 3.72. The van der Waals surface area contributed by atoms with Gasteiger partial charge in [0.15, 0.2) is 0 Å². The van der Waals surface area contributed by atoms with Crippen molar-refractivity contribution in [1.82, 2.24) is 4.90 Å². The lowest BCUT2D eigenvalue weighted by atomic mass is 10.1. The largest absolute Gasteiger partial charge is 0.423 e. The molecule has 2 amide bonds. The molecule has 1 aliphatic heterocycles. The van der Waals surface area contributed by atoms with Crippen LogP contribution in [0.15, 0.2) is 100 Å². The molecule has 4 aromatic rings. The Morgan fingerprint density at radius 1 is 0.886 bits per heavy atom. The van der Waals surface area contributed by atoms with Crippen LogP contribution in [0.3, 0.4) is 0 Å². The van der Waals surface area contributed by atoms with Gasteiger partial charge in [0.05, 0.1) is 17.0 Å². The van der Waals surface area contributed by atoms with Gasteiger partial charge in [-0.15, -0.1) is 0 Å². The lowest BCUT2D eigenvalue weighted by molar-refractivity contribution is -0.123. The number of halogens is 1. The number of amides is 2. The topological polar surface area (TPSA) is 63.7 Å². The number of esters is 1. The second-order valence-corrected chi connectivity index (χ2v) is 9.83. The maximum atomic E-state index is 12.9. The minimum Gasteiger partial charge on any atom is -0.423 e. The van der Waals surface area contributed by atoms with E-state index in [0.29, 0.717) is 16.2 Å². The van der Waals surface area contributed by atoms with E-state index in [1.165, 1.54) is 4.90 Å². The smallest absolute Gasteiger partial charge is 0.343 e. The van der Waals surface area contributed by atoms with E-state index >= 15 is 0 Å². The molecule has 0 atom stereocenters. The molecule has 1 aliphatic rings. The van der Waals surface area contributed by atoms with Crippen molar-refractivity contribution in [1.29, 1.82) is 0 Å². The number of benzene rings is 4. The lowest BCUT2D eigenvalue weighted by Gasteiger charge is -2.13. The Morgan fingerprint density at radius 2 is 1.66 bits per heavy atom. The molecule has 0 N–H and O–H groups in total. The summed E-state index contributed by atoms with van der Waals surface area (Å²) >= 11 is 4.26. The molecule has 0 aliphatic carbocycles. The van der Waals surface area contributed by atoms with Crippen LogP contribution in [0, 0.1) is 0 Å². The molecular weight excluding hydrogens is 526 g/mol. The van der Waals surface area contributed by atoms with Crippen LogP contribution in [-0.4, -0.2) is 22.0 Å². The Morgan fingerprint density at radius 3 is 2.43 bits per heavy atom. The zero-order valence-corrected chi connectivity index (χ0v) is 20.7. The van der Waals surface area contributed by atoms with Crippen LogP contribution in [0.5, 0.6) is 5.75 Å². The molecular formula is C28H18BrNO4S. The summed E-state index contributed by atoms with van der Waals surface area (Å²) < 4.78 is 6.21. The van der Waals surface area contributed by atoms with Gasteiger partial charge < -0.3 is 4.74 Å². The van der Waals surface area contributed by atoms with Gasteiger partial charge in [0, 0.05) is 4.47 Å². The average molecular weight is 544 g/mol. The number of rotatable bonds is 5. The summed E-state index contributed by atoms with van der Waals surface area (Å²) in [6.45, 7) is 0.220. The van der Waals surface area contributed by atoms with Crippen molar-refractivity contribution in [2.75, 3.05) is 0 Å². The Kier molecular flexibility index (Phi) is 6.53. The van der Waals surface area contributed by atoms with Crippen LogP contribution < -0.4 is 4.74 Å². The number of fused-ring (bicyclic) bond motifs is 1. The van der Waals surface area contributed by atoms with Crippen LogP contribution in [0.1, 0.15) is 21.5 Å². The van der Waals surface area contributed by atoms with Crippen LogP contribution >= 0.6 is 27.7 Å². The van der Waals surface area contributed by atoms with Crippen LogP contribution in [0.25, 0.3) is 16.8 Å². The first-order valence-corrected chi connectivity index (χ1v) is 12.4. The van der Waals surface area contributed by atoms with Gasteiger partial charge in [0.2, 0.25) is 0 Å². The average Bonchev–Trinajstić information content (AvgIpc) is 3.12. The van der Waals surface area contributed by atoms with E-state index in [0.717, 1.165) is 38.1 Å². The Bertz CT molecular complexity index is 1500. The highest BCUT2D eigenvalue weighted by Gasteiger charge is 2.35. The minimum absolute atomic E-state index is 0.220. The zero-order valence-electron chi connectivity index (χ0n) is 18.3. The number of ether oxygens (including phenoxy) is 1. The molecule has 1 fully saturated rings. The van der Waals surface area contributed by atoms with Gasteiger partial charge in [-0.1, -0.05) is 70.5 Å².